The van der Waals surface area contributed by atoms with Crippen molar-refractivity contribution in [3.8, 4) is 10.7 Å². The third kappa shape index (κ3) is 2.67. The van der Waals surface area contributed by atoms with Gasteiger partial charge in [0.05, 0.1) is 35.7 Å². The molecule has 2 amide bonds. The molecule has 1 aromatic carbocycles. The van der Waals surface area contributed by atoms with Gasteiger partial charge in [-0.25, -0.2) is 4.39 Å². The molecule has 4 atom stereocenters. The van der Waals surface area contributed by atoms with E-state index < -0.39 is 47.4 Å². The van der Waals surface area contributed by atoms with E-state index in [1.54, 1.807) is 24.9 Å². The highest BCUT2D eigenvalue weighted by atomic mass is 32.1. The zero-order valence-corrected chi connectivity index (χ0v) is 19.3. The van der Waals surface area contributed by atoms with Gasteiger partial charge in [0.2, 0.25) is 17.4 Å². The average Bonchev–Trinajstić information content (AvgIpc) is 3.37. The van der Waals surface area contributed by atoms with Crippen LogP contribution in [0.2, 0.25) is 0 Å². The average molecular weight is 487 g/mol. The van der Waals surface area contributed by atoms with Gasteiger partial charge in [0.1, 0.15) is 17.0 Å². The Morgan fingerprint density at radius 3 is 2.82 bits per heavy atom. The maximum atomic E-state index is 16.1. The molecule has 11 nitrogen and oxygen atoms in total. The number of morpholine rings is 1. The van der Waals surface area contributed by atoms with Gasteiger partial charge in [0, 0.05) is 6.54 Å². The fraction of sp³-hybridized carbons (Fsp3) is 0.476. The number of fused-ring (bicyclic) bond motifs is 5. The Labute approximate surface area is 196 Å². The lowest BCUT2D eigenvalue weighted by Crippen LogP contribution is -2.72. The van der Waals surface area contributed by atoms with Gasteiger partial charge in [0.25, 0.3) is 5.01 Å². The quantitative estimate of drug-likeness (QED) is 0.295. The third-order valence-corrected chi connectivity index (χ3v) is 7.76. The predicted octanol–water partition coefficient (Wildman–Crippen LogP) is 0.450. The Balaban J connectivity index is 1.61. The Morgan fingerprint density at radius 2 is 2.12 bits per heavy atom. The number of amides is 2. The lowest BCUT2D eigenvalue weighted by atomic mass is 9.63. The Bertz CT molecular complexity index is 1380. The first-order valence-electron chi connectivity index (χ1n) is 10.8. The summed E-state index contributed by atoms with van der Waals surface area (Å²) in [5.41, 5.74) is -0.529. The lowest BCUT2D eigenvalue weighted by Gasteiger charge is -2.55. The van der Waals surface area contributed by atoms with Crippen LogP contribution in [0.1, 0.15) is 25.8 Å². The van der Waals surface area contributed by atoms with Gasteiger partial charge in [0.15, 0.2) is 34.0 Å². The number of carbonyl (C=O) groups excluding carboxylic acids is 3. The minimum absolute atomic E-state index is 0.0294. The Hall–Kier alpha value is -3.32. The van der Waals surface area contributed by atoms with E-state index in [0.717, 1.165) is 11.5 Å². The van der Waals surface area contributed by atoms with Crippen molar-refractivity contribution in [1.29, 1.82) is 0 Å². The van der Waals surface area contributed by atoms with E-state index in [0.29, 0.717) is 21.7 Å². The molecule has 2 aromatic heterocycles. The molecule has 5 heterocycles. The van der Waals surface area contributed by atoms with Crippen LogP contribution < -0.4 is 14.9 Å². The summed E-state index contributed by atoms with van der Waals surface area (Å²) in [5, 5.41) is 11.3. The third-order valence-electron chi connectivity index (χ3n) is 6.97. The number of nitrogens with zero attached hydrogens (tertiary/aromatic N) is 5. The summed E-state index contributed by atoms with van der Waals surface area (Å²) in [5.74, 6) is -2.42. The molecule has 1 unspecified atom stereocenters. The SMILES string of the molecule is C[C@H]1CN2c3c(cc4c(-c5snn[n+]5C)noc4c3F)CC3(C(=O)CC(=O)NC3=O)[C@@H]2[C@@H](C)O1. The molecular weight excluding hydrogens is 467 g/mol. The number of anilines is 1. The van der Waals surface area contributed by atoms with Crippen LogP contribution in [0.3, 0.4) is 0 Å². The number of aryl methyl sites for hydroxylation is 1. The molecule has 6 rings (SSSR count). The number of ether oxygens (including phenoxy) is 1. The van der Waals surface area contributed by atoms with Crippen LogP contribution in [0.5, 0.6) is 0 Å². The molecule has 34 heavy (non-hydrogen) atoms. The second-order valence-electron chi connectivity index (χ2n) is 9.07. The standard InChI is InChI=1S/C21H19FN6O5S/c1-8-7-28-16-10(4-11-15(19-27(3)25-26-34-19)24-33-17(11)14(16)22)6-21(18(28)9(2)32-8)12(29)5-13(30)23-20(21)31/h4,8-9,18H,5-7H2,1-3H3/p+1/t8-,9+,18-,21?/m0/s1. The van der Waals surface area contributed by atoms with Gasteiger partial charge in [-0.05, 0) is 31.9 Å². The molecule has 13 heteroatoms. The number of hydrogen-bond donors (Lipinski definition) is 1. The number of halogens is 1. The van der Waals surface area contributed by atoms with Gasteiger partial charge in [-0.2, -0.15) is 0 Å². The van der Waals surface area contributed by atoms with Crippen molar-refractivity contribution in [2.24, 2.45) is 12.5 Å². The number of aromatic nitrogens is 4. The van der Waals surface area contributed by atoms with Crippen molar-refractivity contribution in [2.75, 3.05) is 11.4 Å². The summed E-state index contributed by atoms with van der Waals surface area (Å²) < 4.78 is 32.8. The van der Waals surface area contributed by atoms with Gasteiger partial charge in [-0.1, -0.05) is 5.16 Å². The molecule has 176 valence electrons. The monoisotopic (exact) mass is 487 g/mol. The smallest absolute Gasteiger partial charge is 0.277 e. The lowest BCUT2D eigenvalue weighted by molar-refractivity contribution is -0.719. The minimum Gasteiger partial charge on any atom is -0.372 e. The van der Waals surface area contributed by atoms with Gasteiger partial charge < -0.3 is 14.2 Å². The molecule has 0 saturated carbocycles. The highest BCUT2D eigenvalue weighted by Gasteiger charge is 2.62. The summed E-state index contributed by atoms with van der Waals surface area (Å²) in [7, 11) is 1.69. The summed E-state index contributed by atoms with van der Waals surface area (Å²) >= 11 is 1.08. The van der Waals surface area contributed by atoms with E-state index in [1.807, 2.05) is 6.92 Å². The maximum absolute atomic E-state index is 16.1. The molecule has 0 radical (unpaired) electrons. The topological polar surface area (TPSA) is 131 Å². The Kier molecular flexibility index (Phi) is 4.43. The molecule has 2 saturated heterocycles. The van der Waals surface area contributed by atoms with Crippen LogP contribution >= 0.6 is 11.5 Å². The van der Waals surface area contributed by atoms with Crippen molar-refractivity contribution >= 4 is 45.8 Å². The van der Waals surface area contributed by atoms with Crippen LogP contribution in [0.15, 0.2) is 10.6 Å². The van der Waals surface area contributed by atoms with E-state index in [4.69, 9.17) is 9.26 Å². The first-order valence-corrected chi connectivity index (χ1v) is 11.6. The molecule has 1 N–H and O–H groups in total. The number of benzene rings is 1. The van der Waals surface area contributed by atoms with Crippen molar-refractivity contribution in [1.82, 2.24) is 20.2 Å². The van der Waals surface area contributed by atoms with E-state index in [2.05, 4.69) is 20.2 Å². The molecule has 1 spiro atoms. The number of rotatable bonds is 1. The molecule has 3 aromatic rings. The number of ketones is 1. The second kappa shape index (κ2) is 7.09. The number of imide groups is 1. The van der Waals surface area contributed by atoms with Crippen LogP contribution in [-0.2, 0) is 32.6 Å². The first-order chi connectivity index (χ1) is 16.2. The molecular formula is C21H20FN6O5S+. The van der Waals surface area contributed by atoms with E-state index in [1.165, 1.54) is 4.68 Å². The van der Waals surface area contributed by atoms with Crippen molar-refractivity contribution in [3.05, 3.63) is 17.4 Å². The molecule has 3 aliphatic heterocycles. The summed E-state index contributed by atoms with van der Waals surface area (Å²) in [6.45, 7) is 3.87. The fourth-order valence-corrected chi connectivity index (χ4v) is 6.32. The van der Waals surface area contributed by atoms with Crippen molar-refractivity contribution in [3.63, 3.8) is 0 Å². The van der Waals surface area contributed by atoms with Crippen LogP contribution in [0.25, 0.3) is 21.7 Å². The maximum Gasteiger partial charge on any atom is 0.277 e. The number of Topliss-reactive ketones (excluding diaryl/α,β-unsaturated/α-hetero) is 1. The molecule has 2 fully saturated rings. The fourth-order valence-electron chi connectivity index (χ4n) is 5.71. The molecule has 0 aliphatic carbocycles. The van der Waals surface area contributed by atoms with E-state index in [-0.39, 0.29) is 30.3 Å². The van der Waals surface area contributed by atoms with Gasteiger partial charge >= 0.3 is 0 Å². The molecule has 3 aliphatic rings. The van der Waals surface area contributed by atoms with Gasteiger partial charge in [-0.15, -0.1) is 4.68 Å². The Morgan fingerprint density at radius 1 is 1.32 bits per heavy atom. The zero-order chi connectivity index (χ0) is 23.9. The van der Waals surface area contributed by atoms with Crippen LogP contribution in [0, 0.1) is 11.2 Å². The highest BCUT2D eigenvalue weighted by Crippen LogP contribution is 2.50. The number of nitrogens with one attached hydrogen (secondary N) is 1. The first kappa shape index (κ1) is 21.2. The molecule has 0 bridgehead atoms. The zero-order valence-electron chi connectivity index (χ0n) is 18.5. The largest absolute Gasteiger partial charge is 0.372 e. The predicted molar refractivity (Wildman–Crippen MR) is 114 cm³/mol. The van der Waals surface area contributed by atoms with E-state index >= 15 is 4.39 Å². The normalized spacial score (nSPS) is 28.9. The summed E-state index contributed by atoms with van der Waals surface area (Å²) in [4.78, 5) is 40.4. The summed E-state index contributed by atoms with van der Waals surface area (Å²) in [6.07, 6.45) is -1.34. The van der Waals surface area contributed by atoms with Crippen LogP contribution in [-0.4, -0.2) is 57.3 Å². The van der Waals surface area contributed by atoms with Gasteiger partial charge in [-0.3, -0.25) is 19.7 Å². The number of hydrogen-bond acceptors (Lipinski definition) is 10. The minimum atomic E-state index is -1.59. The number of piperidine rings is 1. The van der Waals surface area contributed by atoms with Crippen molar-refractivity contribution < 1.29 is 32.7 Å². The highest BCUT2D eigenvalue weighted by molar-refractivity contribution is 7.08. The number of carbonyl (C=O) groups is 3. The summed E-state index contributed by atoms with van der Waals surface area (Å²) in [6, 6.07) is 0.925. The van der Waals surface area contributed by atoms with E-state index in [9.17, 15) is 14.4 Å². The van der Waals surface area contributed by atoms with Crippen molar-refractivity contribution in [2.45, 2.75) is 44.9 Å². The van der Waals surface area contributed by atoms with Crippen LogP contribution in [0.4, 0.5) is 10.1 Å². The second-order valence-corrected chi connectivity index (χ2v) is 9.80.